The van der Waals surface area contributed by atoms with E-state index in [-0.39, 0.29) is 11.7 Å². The fourth-order valence-electron chi connectivity index (χ4n) is 2.60. The predicted octanol–water partition coefficient (Wildman–Crippen LogP) is 3.06. The Hall–Kier alpha value is -3.23. The maximum Gasteiger partial charge on any atom is 0.443 e. The van der Waals surface area contributed by atoms with Gasteiger partial charge in [0.25, 0.3) is 0 Å². The minimum atomic E-state index is -0.871. The zero-order chi connectivity index (χ0) is 18.5. The minimum absolute atomic E-state index is 0.138. The molecule has 1 heterocycles. The number of pyridine rings is 1. The monoisotopic (exact) mass is 360 g/mol. The van der Waals surface area contributed by atoms with Crippen molar-refractivity contribution in [3.8, 4) is 29.3 Å². The second-order valence-corrected chi connectivity index (χ2v) is 7.20. The first kappa shape index (κ1) is 17.6. The summed E-state index contributed by atoms with van der Waals surface area (Å²) in [6.07, 6.45) is 10.5. The van der Waals surface area contributed by atoms with Crippen LogP contribution in [0.2, 0.25) is 0 Å². The maximum atomic E-state index is 13.1. The van der Waals surface area contributed by atoms with Crippen molar-refractivity contribution >= 4 is 16.6 Å². The fourth-order valence-corrected chi connectivity index (χ4v) is 3.93. The fraction of sp³-hybridized carbons (Fsp3) is 0.0476. The highest BCUT2D eigenvalue weighted by atomic mass is 32.2. The molecule has 0 bridgehead atoms. The summed E-state index contributed by atoms with van der Waals surface area (Å²) in [5.41, 5.74) is 2.05. The molecule has 3 aromatic rings. The Morgan fingerprint density at radius 3 is 2.50 bits per heavy atom. The summed E-state index contributed by atoms with van der Waals surface area (Å²) in [6.45, 7) is 0. The van der Waals surface area contributed by atoms with E-state index in [1.54, 1.807) is 36.7 Å². The van der Waals surface area contributed by atoms with E-state index >= 15 is 0 Å². The quantitative estimate of drug-likeness (QED) is 0.410. The number of nitrogens with zero attached hydrogens (tertiary/aromatic N) is 2. The Kier molecular flexibility index (Phi) is 5.26. The molecule has 1 amide bonds. The van der Waals surface area contributed by atoms with E-state index in [2.05, 4.69) is 11.0 Å². The van der Waals surface area contributed by atoms with Gasteiger partial charge in [-0.15, -0.1) is 0 Å². The third kappa shape index (κ3) is 3.41. The van der Waals surface area contributed by atoms with Crippen molar-refractivity contribution in [2.45, 2.75) is 4.90 Å². The summed E-state index contributed by atoms with van der Waals surface area (Å²) >= 11 is 0. The number of aromatic nitrogens is 1. The van der Waals surface area contributed by atoms with Crippen LogP contribution in [0.15, 0.2) is 78.0 Å². The molecule has 0 aliphatic heterocycles. The van der Waals surface area contributed by atoms with Crippen LogP contribution in [0.1, 0.15) is 10.4 Å². The van der Waals surface area contributed by atoms with E-state index in [1.807, 2.05) is 30.3 Å². The molecule has 26 heavy (non-hydrogen) atoms. The summed E-state index contributed by atoms with van der Waals surface area (Å²) < 4.78 is 1.26. The smallest absolute Gasteiger partial charge is 0.443 e. The molecule has 3 rings (SSSR count). The first-order valence-electron chi connectivity index (χ1n) is 7.85. The van der Waals surface area contributed by atoms with Crippen molar-refractivity contribution in [1.82, 2.24) is 4.98 Å². The highest BCUT2D eigenvalue weighted by Gasteiger charge is 2.26. The van der Waals surface area contributed by atoms with Gasteiger partial charge in [-0.05, 0) is 28.1 Å². The van der Waals surface area contributed by atoms with Gasteiger partial charge in [0.1, 0.15) is 5.56 Å². The van der Waals surface area contributed by atoms with Crippen LogP contribution in [0.5, 0.6) is 5.75 Å². The van der Waals surface area contributed by atoms with E-state index < -0.39 is 10.7 Å². The van der Waals surface area contributed by atoms with Crippen molar-refractivity contribution < 1.29 is 13.8 Å². The number of terminal acetylenes is 1. The van der Waals surface area contributed by atoms with Crippen LogP contribution in [0, 0.1) is 12.5 Å². The molecular formula is C21H16N2O2S. The Bertz CT molecular complexity index is 1040. The molecule has 1 atom stereocenters. The lowest BCUT2D eigenvalue weighted by Gasteiger charge is -2.11. The summed E-state index contributed by atoms with van der Waals surface area (Å²) in [7, 11) is -0.871. The summed E-state index contributed by atoms with van der Waals surface area (Å²) in [4.78, 5) is 17.7. The van der Waals surface area contributed by atoms with Crippen LogP contribution >= 0.6 is 0 Å². The van der Waals surface area contributed by atoms with Crippen LogP contribution in [0.25, 0.3) is 11.1 Å². The van der Waals surface area contributed by atoms with Crippen molar-refractivity contribution in [1.29, 1.82) is 0 Å². The number of para-hydroxylation sites is 1. The molecule has 2 aromatic carbocycles. The topological polar surface area (TPSA) is 56.0 Å². The second kappa shape index (κ2) is 7.77. The second-order valence-electron chi connectivity index (χ2n) is 5.44. The van der Waals surface area contributed by atoms with Gasteiger partial charge in [0.2, 0.25) is 6.04 Å². The summed E-state index contributed by atoms with van der Waals surface area (Å²) in [5, 5.41) is 12.1. The molecule has 0 saturated heterocycles. The molecule has 5 heteroatoms. The molecule has 1 aromatic heterocycles. The van der Waals surface area contributed by atoms with Gasteiger partial charge in [0, 0.05) is 24.2 Å². The van der Waals surface area contributed by atoms with E-state index in [9.17, 15) is 9.90 Å². The molecule has 4 nitrogen and oxygen atoms in total. The first-order chi connectivity index (χ1) is 12.6. The minimum Gasteiger partial charge on any atom is -0.872 e. The number of carbonyl (C=O) groups is 1. The average molecular weight is 360 g/mol. The zero-order valence-corrected chi connectivity index (χ0v) is 14.9. The van der Waals surface area contributed by atoms with Gasteiger partial charge in [-0.1, -0.05) is 54.3 Å². The van der Waals surface area contributed by atoms with E-state index in [0.717, 1.165) is 11.1 Å². The van der Waals surface area contributed by atoms with E-state index in [4.69, 9.17) is 6.42 Å². The SMILES string of the molecule is C#C[N+](C(=O)c1cnccc1-c1ccccc1)=S(C)c1ccccc1[O-]. The number of rotatable bonds is 3. The number of benzene rings is 2. The lowest BCUT2D eigenvalue weighted by atomic mass is 10.0. The highest BCUT2D eigenvalue weighted by molar-refractivity contribution is 7.84. The molecule has 0 spiro atoms. The van der Waals surface area contributed by atoms with Gasteiger partial charge in [-0.3, -0.25) is 4.98 Å². The third-order valence-electron chi connectivity index (χ3n) is 3.88. The third-order valence-corrected chi connectivity index (χ3v) is 5.67. The largest absolute Gasteiger partial charge is 0.872 e. The Labute approximate surface area is 154 Å². The van der Waals surface area contributed by atoms with Crippen molar-refractivity contribution in [2.24, 2.45) is 0 Å². The Morgan fingerprint density at radius 2 is 1.81 bits per heavy atom. The van der Waals surface area contributed by atoms with Gasteiger partial charge in [0.05, 0.1) is 15.6 Å². The number of hydrogen-bond donors (Lipinski definition) is 0. The molecule has 0 radical (unpaired) electrons. The van der Waals surface area contributed by atoms with Crippen molar-refractivity contribution in [2.75, 3.05) is 6.26 Å². The standard InChI is InChI=1S/C21H16N2O2S/c1-3-23(26(2)20-12-8-7-11-19(20)24)21(25)18-15-22-14-13-17(18)16-9-5-4-6-10-16/h1,4-15H,2H3. The molecule has 1 unspecified atom stereocenters. The van der Waals surface area contributed by atoms with Crippen LogP contribution in [-0.4, -0.2) is 21.1 Å². The van der Waals surface area contributed by atoms with E-state index in [0.29, 0.717) is 10.5 Å². The van der Waals surface area contributed by atoms with Crippen LogP contribution in [0.3, 0.4) is 0 Å². The van der Waals surface area contributed by atoms with Crippen LogP contribution in [-0.2, 0) is 10.7 Å². The lowest BCUT2D eigenvalue weighted by Crippen LogP contribution is -2.21. The summed E-state index contributed by atoms with van der Waals surface area (Å²) in [6, 6.07) is 20.4. The molecule has 0 aliphatic carbocycles. The van der Waals surface area contributed by atoms with Gasteiger partial charge in [-0.2, -0.15) is 0 Å². The number of hydrogen-bond acceptors (Lipinski definition) is 3. The van der Waals surface area contributed by atoms with Crippen molar-refractivity contribution in [3.05, 3.63) is 78.6 Å². The normalized spacial score (nSPS) is 12.1. The van der Waals surface area contributed by atoms with E-state index in [1.165, 1.54) is 16.2 Å². The molecule has 0 fully saturated rings. The number of amides is 1. The van der Waals surface area contributed by atoms with Gasteiger partial charge < -0.3 is 5.11 Å². The molecule has 0 saturated carbocycles. The predicted molar refractivity (Wildman–Crippen MR) is 101 cm³/mol. The van der Waals surface area contributed by atoms with Gasteiger partial charge in [-0.25, -0.2) is 4.79 Å². The maximum absolute atomic E-state index is 13.1. The molecular weight excluding hydrogens is 344 g/mol. The zero-order valence-electron chi connectivity index (χ0n) is 14.1. The Balaban J connectivity index is 2.14. The van der Waals surface area contributed by atoms with Gasteiger partial charge in [0.15, 0.2) is 0 Å². The van der Waals surface area contributed by atoms with Crippen LogP contribution in [0.4, 0.5) is 0 Å². The first-order valence-corrected chi connectivity index (χ1v) is 9.44. The van der Waals surface area contributed by atoms with Crippen molar-refractivity contribution in [3.63, 3.8) is 0 Å². The molecule has 128 valence electrons. The Morgan fingerprint density at radius 1 is 1.12 bits per heavy atom. The average Bonchev–Trinajstić information content (AvgIpc) is 2.69. The van der Waals surface area contributed by atoms with Gasteiger partial charge >= 0.3 is 5.91 Å². The highest BCUT2D eigenvalue weighted by Crippen LogP contribution is 2.24. The molecule has 0 N–H and O–H groups in total. The number of carbonyl (C=O) groups excluding carboxylic acids is 1. The molecule has 0 aliphatic rings. The summed E-state index contributed by atoms with van der Waals surface area (Å²) in [5.74, 6) is -0.491. The lowest BCUT2D eigenvalue weighted by molar-refractivity contribution is -0.302. The van der Waals surface area contributed by atoms with Crippen LogP contribution < -0.4 is 5.11 Å².